The molecule has 2 aromatic rings. The van der Waals surface area contributed by atoms with Gasteiger partial charge in [0, 0.05) is 0 Å². The fraction of sp³-hybridized carbons (Fsp3) is 0.583. The average Bonchev–Trinajstić information content (AvgIpc) is 2.94. The Morgan fingerprint density at radius 1 is 1.38 bits per heavy atom. The Labute approximate surface area is 146 Å². The quantitative estimate of drug-likeness (QED) is 0.234. The van der Waals surface area contributed by atoms with E-state index in [4.69, 9.17) is 30.1 Å². The maximum absolute atomic E-state index is 11.8. The summed E-state index contributed by atoms with van der Waals surface area (Å²) < 4.78 is 22.7. The van der Waals surface area contributed by atoms with Gasteiger partial charge in [-0.2, -0.15) is 4.98 Å². The van der Waals surface area contributed by atoms with Crippen LogP contribution in [-0.2, 0) is 20.6 Å². The summed E-state index contributed by atoms with van der Waals surface area (Å²) in [5, 5.41) is 18.2. The third-order valence-corrected chi connectivity index (χ3v) is 3.71. The summed E-state index contributed by atoms with van der Waals surface area (Å²) >= 11 is 0. The van der Waals surface area contributed by atoms with Crippen LogP contribution in [0.4, 0.5) is 5.95 Å². The van der Waals surface area contributed by atoms with E-state index >= 15 is 0 Å². The van der Waals surface area contributed by atoms with Crippen molar-refractivity contribution in [1.82, 2.24) is 19.5 Å². The molecule has 0 aromatic carbocycles. The normalized spacial score (nSPS) is 14.6. The Morgan fingerprint density at radius 3 is 2.77 bits per heavy atom. The third-order valence-electron chi connectivity index (χ3n) is 3.19. The van der Waals surface area contributed by atoms with Crippen molar-refractivity contribution < 1.29 is 34.0 Å². The van der Waals surface area contributed by atoms with E-state index in [1.165, 1.54) is 10.9 Å². The highest BCUT2D eigenvalue weighted by Gasteiger charge is 2.19. The number of hydrogen-bond donors (Lipinski definition) is 6. The Bertz CT molecular complexity index is 833. The number of hydrogen-bond acceptors (Lipinski definition) is 9. The number of aliphatic hydroxyl groups is 2. The zero-order valence-electron chi connectivity index (χ0n) is 13.6. The van der Waals surface area contributed by atoms with E-state index in [1.54, 1.807) is 0 Å². The number of imidazole rings is 1. The third kappa shape index (κ3) is 5.85. The molecule has 13 nitrogen and oxygen atoms in total. The van der Waals surface area contributed by atoms with Crippen LogP contribution in [0.2, 0.25) is 0 Å². The van der Waals surface area contributed by atoms with Crippen molar-refractivity contribution in [2.75, 3.05) is 31.9 Å². The molecule has 146 valence electrons. The topological polar surface area (TPSA) is 206 Å². The summed E-state index contributed by atoms with van der Waals surface area (Å²) in [4.78, 5) is 39.7. The van der Waals surface area contributed by atoms with Gasteiger partial charge in [0.2, 0.25) is 5.95 Å². The van der Waals surface area contributed by atoms with E-state index in [2.05, 4.69) is 15.0 Å². The monoisotopic (exact) mass is 393 g/mol. The van der Waals surface area contributed by atoms with Crippen LogP contribution in [0.3, 0.4) is 0 Å². The summed E-state index contributed by atoms with van der Waals surface area (Å²) in [5.41, 5.74) is 5.25. The smallest absolute Gasteiger partial charge is 0.350 e. The van der Waals surface area contributed by atoms with E-state index in [-0.39, 0.29) is 36.9 Å². The molecule has 2 heterocycles. The van der Waals surface area contributed by atoms with Gasteiger partial charge in [0.25, 0.3) is 5.56 Å². The fourth-order valence-corrected chi connectivity index (χ4v) is 2.42. The van der Waals surface area contributed by atoms with Gasteiger partial charge in [0.05, 0.1) is 38.8 Å². The van der Waals surface area contributed by atoms with Crippen LogP contribution < -0.4 is 11.3 Å². The first kappa shape index (κ1) is 20.5. The van der Waals surface area contributed by atoms with Crippen LogP contribution in [-0.4, -0.2) is 77.9 Å². The summed E-state index contributed by atoms with van der Waals surface area (Å²) in [5.74, 6) is -0.102. The first-order valence-electron chi connectivity index (χ1n) is 7.43. The van der Waals surface area contributed by atoms with Gasteiger partial charge in [-0.25, -0.2) is 4.98 Å². The fourth-order valence-electron chi connectivity index (χ4n) is 2.08. The maximum atomic E-state index is 11.8. The van der Waals surface area contributed by atoms with Crippen molar-refractivity contribution in [2.45, 2.75) is 18.8 Å². The number of ether oxygens (including phenoxy) is 2. The van der Waals surface area contributed by atoms with Gasteiger partial charge in [0.1, 0.15) is 12.5 Å². The van der Waals surface area contributed by atoms with Crippen molar-refractivity contribution in [3.05, 3.63) is 16.7 Å². The molecule has 0 amide bonds. The minimum Gasteiger partial charge on any atom is -0.394 e. The molecule has 2 aromatic heterocycles. The molecule has 0 aliphatic carbocycles. The molecular weight excluding hydrogens is 373 g/mol. The molecule has 0 bridgehead atoms. The summed E-state index contributed by atoms with van der Waals surface area (Å²) in [6, 6.07) is 0. The molecule has 0 saturated carbocycles. The first-order chi connectivity index (χ1) is 12.2. The zero-order chi connectivity index (χ0) is 19.3. The minimum atomic E-state index is -4.35. The predicted molar refractivity (Wildman–Crippen MR) is 88.3 cm³/mol. The van der Waals surface area contributed by atoms with Gasteiger partial charge in [-0.15, -0.1) is 0 Å². The highest BCUT2D eigenvalue weighted by Crippen LogP contribution is 2.33. The summed E-state index contributed by atoms with van der Waals surface area (Å²) in [7, 11) is -4.35. The Hall–Kier alpha value is -1.86. The van der Waals surface area contributed by atoms with Crippen molar-refractivity contribution in [3.63, 3.8) is 0 Å². The lowest BCUT2D eigenvalue weighted by atomic mass is 10.3. The van der Waals surface area contributed by atoms with E-state index in [1.807, 2.05) is 0 Å². The largest absolute Gasteiger partial charge is 0.394 e. The van der Waals surface area contributed by atoms with Crippen LogP contribution in [0.15, 0.2) is 11.1 Å². The van der Waals surface area contributed by atoms with Gasteiger partial charge in [-0.3, -0.25) is 14.3 Å². The van der Waals surface area contributed by atoms with Gasteiger partial charge in [-0.05, 0) is 0 Å². The molecule has 0 radical (unpaired) electrons. The van der Waals surface area contributed by atoms with Crippen LogP contribution >= 0.6 is 7.60 Å². The zero-order valence-corrected chi connectivity index (χ0v) is 14.5. The first-order valence-corrected chi connectivity index (χ1v) is 9.23. The molecule has 0 fully saturated rings. The Morgan fingerprint density at radius 2 is 2.12 bits per heavy atom. The average molecular weight is 393 g/mol. The van der Waals surface area contributed by atoms with Crippen LogP contribution in [0.5, 0.6) is 0 Å². The van der Waals surface area contributed by atoms with Crippen molar-refractivity contribution in [2.24, 2.45) is 0 Å². The van der Waals surface area contributed by atoms with Crippen molar-refractivity contribution in [3.8, 4) is 0 Å². The van der Waals surface area contributed by atoms with Gasteiger partial charge >= 0.3 is 7.60 Å². The molecule has 26 heavy (non-hydrogen) atoms. The number of rotatable bonds is 10. The molecule has 0 saturated heterocycles. The van der Waals surface area contributed by atoms with Crippen LogP contribution in [0.25, 0.3) is 11.2 Å². The molecular formula is C12H20N5O8P. The SMILES string of the molecule is Nc1nc2c(ncn2C[C@@H](COCP(=O)(O)O)OCC(O)CO)c(=O)[nH]1. The number of anilines is 1. The number of nitrogens with zero attached hydrogens (tertiary/aromatic N) is 3. The number of fused-ring (bicyclic) bond motifs is 1. The second-order valence-electron chi connectivity index (χ2n) is 5.48. The van der Waals surface area contributed by atoms with E-state index < -0.39 is 38.3 Å². The summed E-state index contributed by atoms with van der Waals surface area (Å²) in [6.07, 6.45) is -1.38. The maximum Gasteiger partial charge on any atom is 0.350 e. The van der Waals surface area contributed by atoms with Crippen molar-refractivity contribution >= 4 is 24.7 Å². The second kappa shape index (κ2) is 8.68. The molecule has 7 N–H and O–H groups in total. The lowest BCUT2D eigenvalue weighted by molar-refractivity contribution is -0.0606. The van der Waals surface area contributed by atoms with E-state index in [9.17, 15) is 14.5 Å². The number of aromatic nitrogens is 4. The molecule has 0 aliphatic rings. The Kier molecular flexibility index (Phi) is 6.83. The van der Waals surface area contributed by atoms with Crippen molar-refractivity contribution in [1.29, 1.82) is 0 Å². The Balaban J connectivity index is 2.14. The van der Waals surface area contributed by atoms with Gasteiger partial charge in [-0.1, -0.05) is 0 Å². The molecule has 2 rings (SSSR count). The van der Waals surface area contributed by atoms with E-state index in [0.29, 0.717) is 0 Å². The number of aliphatic hydroxyl groups excluding tert-OH is 2. The number of nitrogens with two attached hydrogens (primary N) is 1. The van der Waals surface area contributed by atoms with Crippen LogP contribution in [0.1, 0.15) is 0 Å². The number of aromatic amines is 1. The molecule has 0 aliphatic heterocycles. The molecule has 0 spiro atoms. The standard InChI is InChI=1S/C12H20N5O8P/c13-12-15-10-9(11(20)16-12)14-5-17(10)1-8(25-3-7(19)2-18)4-24-6-26(21,22)23/h5,7-8,18-19H,1-4,6H2,(H2,21,22,23)(H3,13,15,16,20)/t7?,8-/m0/s1. The lowest BCUT2D eigenvalue weighted by Crippen LogP contribution is -2.31. The molecule has 1 unspecified atom stereocenters. The van der Waals surface area contributed by atoms with E-state index in [0.717, 1.165) is 0 Å². The molecule has 14 heteroatoms. The minimum absolute atomic E-state index is 0.0473. The second-order valence-corrected chi connectivity index (χ2v) is 7.06. The van der Waals surface area contributed by atoms with Gasteiger partial charge in [0.15, 0.2) is 11.2 Å². The number of H-pyrrole nitrogens is 1. The number of nitrogen functional groups attached to an aromatic ring is 1. The number of nitrogens with one attached hydrogen (secondary N) is 1. The highest BCUT2D eigenvalue weighted by molar-refractivity contribution is 7.51. The highest BCUT2D eigenvalue weighted by atomic mass is 31.2. The van der Waals surface area contributed by atoms with Gasteiger partial charge < -0.3 is 39.8 Å². The molecule has 2 atom stereocenters. The summed E-state index contributed by atoms with van der Waals surface area (Å²) in [6.45, 7) is -0.923. The lowest BCUT2D eigenvalue weighted by Gasteiger charge is -2.20. The van der Waals surface area contributed by atoms with Crippen LogP contribution in [0, 0.1) is 0 Å². The predicted octanol–water partition coefficient (Wildman–Crippen LogP) is -2.41.